The molecule has 1 N–H and O–H groups in total. The number of benzene rings is 1. The molecule has 0 radical (unpaired) electrons. The molecule has 4 nitrogen and oxygen atoms in total. The number of esters is 1. The summed E-state index contributed by atoms with van der Waals surface area (Å²) in [6, 6.07) is 9.87. The molecule has 0 bridgehead atoms. The Morgan fingerprint density at radius 2 is 2.11 bits per heavy atom. The van der Waals surface area contributed by atoms with Gasteiger partial charge >= 0.3 is 5.97 Å². The van der Waals surface area contributed by atoms with Crippen molar-refractivity contribution in [2.24, 2.45) is 0 Å². The predicted molar refractivity (Wildman–Crippen MR) is 73.9 cm³/mol. The Kier molecular flexibility index (Phi) is 4.22. The number of hydrogen-bond acceptors (Lipinski definition) is 4. The van der Waals surface area contributed by atoms with Gasteiger partial charge in [-0.3, -0.25) is 4.79 Å². The van der Waals surface area contributed by atoms with Crippen LogP contribution in [0, 0.1) is 0 Å². The molecule has 0 amide bonds. The number of para-hydroxylation sites is 1. The third-order valence-electron chi connectivity index (χ3n) is 2.92. The number of rotatable bonds is 5. The van der Waals surface area contributed by atoms with Gasteiger partial charge in [-0.25, -0.2) is 0 Å². The molecule has 102 valence electrons. The van der Waals surface area contributed by atoms with E-state index >= 15 is 0 Å². The maximum Gasteiger partial charge on any atom is 0.307 e. The Labute approximate surface area is 112 Å². The minimum absolute atomic E-state index is 0.167. The van der Waals surface area contributed by atoms with Gasteiger partial charge in [0.2, 0.25) is 0 Å². The fourth-order valence-electron chi connectivity index (χ4n) is 2.07. The van der Waals surface area contributed by atoms with Gasteiger partial charge in [-0.2, -0.15) is 0 Å². The maximum absolute atomic E-state index is 11.5. The molecule has 0 spiro atoms. The van der Waals surface area contributed by atoms with E-state index in [2.05, 4.69) is 5.32 Å². The Morgan fingerprint density at radius 1 is 1.37 bits per heavy atom. The number of furan rings is 1. The Hall–Kier alpha value is -1.81. The van der Waals surface area contributed by atoms with Crippen LogP contribution in [0.4, 0.5) is 0 Å². The minimum atomic E-state index is -0.251. The first-order chi connectivity index (χ1) is 9.10. The lowest BCUT2D eigenvalue weighted by Crippen LogP contribution is -2.29. The second-order valence-electron chi connectivity index (χ2n) is 4.84. The van der Waals surface area contributed by atoms with E-state index in [-0.39, 0.29) is 24.5 Å². The summed E-state index contributed by atoms with van der Waals surface area (Å²) in [6.45, 7) is 4.07. The molecule has 1 aromatic carbocycles. The highest BCUT2D eigenvalue weighted by atomic mass is 16.5. The lowest BCUT2D eigenvalue weighted by molar-refractivity contribution is -0.141. The number of carbonyl (C=O) groups excluding carboxylic acids is 1. The van der Waals surface area contributed by atoms with Gasteiger partial charge in [-0.05, 0) is 12.1 Å². The van der Waals surface area contributed by atoms with Crippen molar-refractivity contribution >= 4 is 16.9 Å². The first-order valence-corrected chi connectivity index (χ1v) is 6.41. The van der Waals surface area contributed by atoms with Gasteiger partial charge in [0.15, 0.2) is 0 Å². The minimum Gasteiger partial charge on any atom is -0.469 e. The highest BCUT2D eigenvalue weighted by Gasteiger charge is 2.20. The molecule has 1 aromatic heterocycles. The topological polar surface area (TPSA) is 51.5 Å². The van der Waals surface area contributed by atoms with Crippen LogP contribution in [0.2, 0.25) is 0 Å². The number of hydrogen-bond donors (Lipinski definition) is 1. The monoisotopic (exact) mass is 261 g/mol. The predicted octanol–water partition coefficient (Wildman–Crippen LogP) is 3.04. The highest BCUT2D eigenvalue weighted by Crippen LogP contribution is 2.26. The van der Waals surface area contributed by atoms with Crippen LogP contribution in [-0.4, -0.2) is 19.1 Å². The zero-order valence-electron chi connectivity index (χ0n) is 11.5. The zero-order valence-corrected chi connectivity index (χ0v) is 11.5. The maximum atomic E-state index is 11.5. The van der Waals surface area contributed by atoms with Crippen LogP contribution in [-0.2, 0) is 9.53 Å². The SMILES string of the molecule is COC(=O)CC(NC(C)C)c1cc2ccccc2o1. The molecule has 0 fully saturated rings. The smallest absolute Gasteiger partial charge is 0.307 e. The average Bonchev–Trinajstić information content (AvgIpc) is 2.80. The fourth-order valence-corrected chi connectivity index (χ4v) is 2.07. The van der Waals surface area contributed by atoms with Gasteiger partial charge in [-0.1, -0.05) is 32.0 Å². The molecule has 2 aromatic rings. The van der Waals surface area contributed by atoms with Crippen molar-refractivity contribution in [1.82, 2.24) is 5.32 Å². The van der Waals surface area contributed by atoms with Crippen molar-refractivity contribution in [2.75, 3.05) is 7.11 Å². The van der Waals surface area contributed by atoms with E-state index in [0.717, 1.165) is 16.7 Å². The summed E-state index contributed by atoms with van der Waals surface area (Å²) in [5, 5.41) is 4.37. The average molecular weight is 261 g/mol. The Bertz CT molecular complexity index is 526. The summed E-state index contributed by atoms with van der Waals surface area (Å²) in [6.07, 6.45) is 0.258. The van der Waals surface area contributed by atoms with Gasteiger partial charge < -0.3 is 14.5 Å². The molecule has 19 heavy (non-hydrogen) atoms. The van der Waals surface area contributed by atoms with Crippen molar-refractivity contribution in [3.63, 3.8) is 0 Å². The molecule has 1 unspecified atom stereocenters. The van der Waals surface area contributed by atoms with Gasteiger partial charge in [0.05, 0.1) is 19.6 Å². The van der Waals surface area contributed by atoms with Crippen molar-refractivity contribution in [1.29, 1.82) is 0 Å². The van der Waals surface area contributed by atoms with Crippen molar-refractivity contribution in [3.8, 4) is 0 Å². The molecular formula is C15H19NO3. The number of carbonyl (C=O) groups is 1. The fraction of sp³-hybridized carbons (Fsp3) is 0.400. The first-order valence-electron chi connectivity index (χ1n) is 6.41. The quantitative estimate of drug-likeness (QED) is 0.840. The Balaban J connectivity index is 2.27. The number of nitrogens with one attached hydrogen (secondary N) is 1. The molecule has 0 saturated heterocycles. The third kappa shape index (κ3) is 3.35. The van der Waals surface area contributed by atoms with Crippen LogP contribution in [0.1, 0.15) is 32.1 Å². The second kappa shape index (κ2) is 5.89. The zero-order chi connectivity index (χ0) is 13.8. The van der Waals surface area contributed by atoms with Crippen molar-refractivity contribution in [2.45, 2.75) is 32.4 Å². The largest absolute Gasteiger partial charge is 0.469 e. The normalized spacial score (nSPS) is 12.8. The van der Waals surface area contributed by atoms with E-state index in [1.54, 1.807) is 0 Å². The molecule has 1 atom stereocenters. The second-order valence-corrected chi connectivity index (χ2v) is 4.84. The molecule has 0 aliphatic carbocycles. The van der Waals surface area contributed by atoms with Crippen LogP contribution < -0.4 is 5.32 Å². The molecule has 2 rings (SSSR count). The van der Waals surface area contributed by atoms with E-state index < -0.39 is 0 Å². The van der Waals surface area contributed by atoms with Crippen LogP contribution in [0.5, 0.6) is 0 Å². The van der Waals surface area contributed by atoms with Crippen LogP contribution in [0.3, 0.4) is 0 Å². The van der Waals surface area contributed by atoms with Gasteiger partial charge in [-0.15, -0.1) is 0 Å². The summed E-state index contributed by atoms with van der Waals surface area (Å²) in [7, 11) is 1.40. The standard InChI is InChI=1S/C15H19NO3/c1-10(2)16-12(9-15(17)18-3)14-8-11-6-4-5-7-13(11)19-14/h4-8,10,12,16H,9H2,1-3H3. The summed E-state index contributed by atoms with van der Waals surface area (Å²) in [5.74, 6) is 0.513. The molecule has 1 heterocycles. The number of ether oxygens (including phenoxy) is 1. The van der Waals surface area contributed by atoms with Crippen LogP contribution >= 0.6 is 0 Å². The van der Waals surface area contributed by atoms with Crippen LogP contribution in [0.15, 0.2) is 34.7 Å². The molecule has 0 aliphatic heterocycles. The van der Waals surface area contributed by atoms with Crippen molar-refractivity contribution < 1.29 is 13.9 Å². The Morgan fingerprint density at radius 3 is 2.74 bits per heavy atom. The summed E-state index contributed by atoms with van der Waals surface area (Å²) in [5.41, 5.74) is 0.831. The van der Waals surface area contributed by atoms with E-state index in [4.69, 9.17) is 9.15 Å². The van der Waals surface area contributed by atoms with Crippen molar-refractivity contribution in [3.05, 3.63) is 36.1 Å². The van der Waals surface area contributed by atoms with Crippen LogP contribution in [0.25, 0.3) is 11.0 Å². The highest BCUT2D eigenvalue weighted by molar-refractivity contribution is 5.78. The molecule has 0 aliphatic rings. The molecular weight excluding hydrogens is 242 g/mol. The van der Waals surface area contributed by atoms with E-state index in [1.165, 1.54) is 7.11 Å². The van der Waals surface area contributed by atoms with E-state index in [0.29, 0.717) is 0 Å². The lowest BCUT2D eigenvalue weighted by Gasteiger charge is -2.18. The summed E-state index contributed by atoms with van der Waals surface area (Å²) >= 11 is 0. The third-order valence-corrected chi connectivity index (χ3v) is 2.92. The summed E-state index contributed by atoms with van der Waals surface area (Å²) in [4.78, 5) is 11.5. The van der Waals surface area contributed by atoms with Gasteiger partial charge in [0.1, 0.15) is 11.3 Å². The molecule has 0 saturated carbocycles. The number of methoxy groups -OCH3 is 1. The lowest BCUT2D eigenvalue weighted by atomic mass is 10.1. The number of fused-ring (bicyclic) bond motifs is 1. The van der Waals surface area contributed by atoms with Gasteiger partial charge in [0, 0.05) is 11.4 Å². The summed E-state index contributed by atoms with van der Waals surface area (Å²) < 4.78 is 10.5. The first kappa shape index (κ1) is 13.6. The van der Waals surface area contributed by atoms with E-state index in [1.807, 2.05) is 44.2 Å². The molecule has 4 heteroatoms. The van der Waals surface area contributed by atoms with Gasteiger partial charge in [0.25, 0.3) is 0 Å². The van der Waals surface area contributed by atoms with E-state index in [9.17, 15) is 4.79 Å².